The van der Waals surface area contributed by atoms with Crippen molar-refractivity contribution < 1.29 is 0 Å². The van der Waals surface area contributed by atoms with Gasteiger partial charge in [0.15, 0.2) is 0 Å². The van der Waals surface area contributed by atoms with Gasteiger partial charge in [-0.2, -0.15) is 9.78 Å². The van der Waals surface area contributed by atoms with Crippen molar-refractivity contribution >= 4 is 44.0 Å². The Labute approximate surface area is 158 Å². The molecule has 4 rings (SSSR count). The van der Waals surface area contributed by atoms with Crippen molar-refractivity contribution in [3.63, 3.8) is 0 Å². The van der Waals surface area contributed by atoms with Crippen LogP contribution in [-0.4, -0.2) is 20.4 Å². The van der Waals surface area contributed by atoms with Crippen LogP contribution in [0.2, 0.25) is 0 Å². The lowest BCUT2D eigenvalue weighted by molar-refractivity contribution is 0.734. The van der Waals surface area contributed by atoms with Gasteiger partial charge in [-0.1, -0.05) is 41.1 Å². The van der Waals surface area contributed by atoms with E-state index in [0.717, 1.165) is 20.9 Å². The van der Waals surface area contributed by atoms with Crippen LogP contribution in [0.25, 0.3) is 21.8 Å². The summed E-state index contributed by atoms with van der Waals surface area (Å²) in [5.74, 6) is 0.640. The molecule has 0 spiro atoms. The van der Waals surface area contributed by atoms with Gasteiger partial charge in [0.05, 0.1) is 17.1 Å². The molecule has 0 bridgehead atoms. The number of fused-ring (bicyclic) bond motifs is 2. The Bertz CT molecular complexity index is 1220. The average molecular weight is 409 g/mol. The third kappa shape index (κ3) is 2.76. The van der Waals surface area contributed by atoms with Crippen LogP contribution >= 0.6 is 15.9 Å². The Morgan fingerprint density at radius 1 is 1.19 bits per heavy atom. The SMILES string of the molecule is CCc1nc2ccc(Br)cc2c(=O)n1N=Cc1cn(C)c2ccccc12. The fourth-order valence-corrected chi connectivity index (χ4v) is 3.50. The number of hydrogen-bond acceptors (Lipinski definition) is 3. The van der Waals surface area contributed by atoms with E-state index in [0.29, 0.717) is 23.1 Å². The smallest absolute Gasteiger partial charge is 0.282 e. The Balaban J connectivity index is 1.89. The van der Waals surface area contributed by atoms with Crippen LogP contribution in [0, 0.1) is 0 Å². The van der Waals surface area contributed by atoms with E-state index in [-0.39, 0.29) is 5.56 Å². The maximum Gasteiger partial charge on any atom is 0.282 e. The van der Waals surface area contributed by atoms with Crippen LogP contribution in [0.5, 0.6) is 0 Å². The van der Waals surface area contributed by atoms with Crippen LogP contribution in [0.1, 0.15) is 18.3 Å². The molecule has 26 heavy (non-hydrogen) atoms. The number of hydrogen-bond donors (Lipinski definition) is 0. The minimum Gasteiger partial charge on any atom is -0.350 e. The fourth-order valence-electron chi connectivity index (χ4n) is 3.14. The first kappa shape index (κ1) is 16.7. The predicted octanol–water partition coefficient (Wildman–Crippen LogP) is 4.10. The zero-order valence-electron chi connectivity index (χ0n) is 14.5. The molecule has 0 aliphatic carbocycles. The van der Waals surface area contributed by atoms with Gasteiger partial charge in [0, 0.05) is 40.6 Å². The highest BCUT2D eigenvalue weighted by Crippen LogP contribution is 2.19. The summed E-state index contributed by atoms with van der Waals surface area (Å²) in [6.07, 6.45) is 4.36. The highest BCUT2D eigenvalue weighted by Gasteiger charge is 2.10. The summed E-state index contributed by atoms with van der Waals surface area (Å²) in [6.45, 7) is 1.97. The number of rotatable bonds is 3. The Morgan fingerprint density at radius 3 is 2.81 bits per heavy atom. The molecule has 0 unspecified atom stereocenters. The first-order valence-electron chi connectivity index (χ1n) is 8.38. The molecule has 2 heterocycles. The van der Waals surface area contributed by atoms with Crippen LogP contribution < -0.4 is 5.56 Å². The van der Waals surface area contributed by atoms with Gasteiger partial charge in [0.25, 0.3) is 5.56 Å². The molecule has 0 aliphatic rings. The first-order valence-corrected chi connectivity index (χ1v) is 9.17. The molecule has 5 nitrogen and oxygen atoms in total. The quantitative estimate of drug-likeness (QED) is 0.479. The van der Waals surface area contributed by atoms with Gasteiger partial charge < -0.3 is 4.57 Å². The summed E-state index contributed by atoms with van der Waals surface area (Å²) in [5, 5.41) is 6.12. The summed E-state index contributed by atoms with van der Waals surface area (Å²) in [5.41, 5.74) is 2.61. The lowest BCUT2D eigenvalue weighted by Gasteiger charge is -2.07. The second-order valence-electron chi connectivity index (χ2n) is 6.12. The standard InChI is InChI=1S/C20H17BrN4O/c1-3-19-23-17-9-8-14(21)10-16(17)20(26)25(19)22-11-13-12-24(2)18-7-5-4-6-15(13)18/h4-12H,3H2,1-2H3. The minimum atomic E-state index is -0.162. The van der Waals surface area contributed by atoms with Crippen molar-refractivity contribution in [3.8, 4) is 0 Å². The van der Waals surface area contributed by atoms with Gasteiger partial charge in [0.1, 0.15) is 5.82 Å². The summed E-state index contributed by atoms with van der Waals surface area (Å²) in [7, 11) is 2.00. The molecule has 0 atom stereocenters. The lowest BCUT2D eigenvalue weighted by atomic mass is 10.2. The number of halogens is 1. The van der Waals surface area contributed by atoms with E-state index in [4.69, 9.17) is 0 Å². The normalized spacial score (nSPS) is 11.8. The molecule has 130 valence electrons. The summed E-state index contributed by atoms with van der Waals surface area (Å²) in [6, 6.07) is 13.6. The zero-order chi connectivity index (χ0) is 18.3. The molecule has 6 heteroatoms. The van der Waals surface area contributed by atoms with Crippen LogP contribution in [0.3, 0.4) is 0 Å². The highest BCUT2D eigenvalue weighted by atomic mass is 79.9. The average Bonchev–Trinajstić information content (AvgIpc) is 2.97. The topological polar surface area (TPSA) is 52.2 Å². The number of aryl methyl sites for hydroxylation is 2. The van der Waals surface area contributed by atoms with Crippen molar-refractivity contribution in [3.05, 3.63) is 74.9 Å². The van der Waals surface area contributed by atoms with Gasteiger partial charge in [-0.05, 0) is 24.3 Å². The van der Waals surface area contributed by atoms with E-state index in [2.05, 4.69) is 42.7 Å². The Morgan fingerprint density at radius 2 is 2.00 bits per heavy atom. The molecule has 0 fully saturated rings. The van der Waals surface area contributed by atoms with Gasteiger partial charge in [-0.15, -0.1) is 0 Å². The number of para-hydroxylation sites is 1. The first-order chi connectivity index (χ1) is 12.6. The Kier molecular flexibility index (Phi) is 4.20. The summed E-state index contributed by atoms with van der Waals surface area (Å²) >= 11 is 3.42. The molecule has 4 aromatic rings. The second-order valence-corrected chi connectivity index (χ2v) is 7.03. The maximum atomic E-state index is 12.9. The van der Waals surface area contributed by atoms with Crippen molar-refractivity contribution in [2.75, 3.05) is 0 Å². The lowest BCUT2D eigenvalue weighted by Crippen LogP contribution is -2.22. The third-order valence-electron chi connectivity index (χ3n) is 4.43. The maximum absolute atomic E-state index is 12.9. The molecule has 2 aromatic carbocycles. The van der Waals surface area contributed by atoms with Crippen molar-refractivity contribution in [2.24, 2.45) is 12.1 Å². The van der Waals surface area contributed by atoms with Gasteiger partial charge >= 0.3 is 0 Å². The van der Waals surface area contributed by atoms with Gasteiger partial charge in [-0.25, -0.2) is 4.98 Å². The fraction of sp³-hybridized carbons (Fsp3) is 0.150. The van der Waals surface area contributed by atoms with Crippen LogP contribution in [0.15, 0.2) is 63.0 Å². The van der Waals surface area contributed by atoms with Crippen molar-refractivity contribution in [1.82, 2.24) is 14.2 Å². The molecular weight excluding hydrogens is 392 g/mol. The van der Waals surface area contributed by atoms with Crippen LogP contribution in [0.4, 0.5) is 0 Å². The minimum absolute atomic E-state index is 0.162. The molecule has 0 amide bonds. The van der Waals surface area contributed by atoms with Crippen molar-refractivity contribution in [1.29, 1.82) is 0 Å². The van der Waals surface area contributed by atoms with Crippen LogP contribution in [-0.2, 0) is 13.5 Å². The van der Waals surface area contributed by atoms with E-state index < -0.39 is 0 Å². The van der Waals surface area contributed by atoms with Gasteiger partial charge in [0.2, 0.25) is 0 Å². The summed E-state index contributed by atoms with van der Waals surface area (Å²) < 4.78 is 4.30. The number of nitrogens with zero attached hydrogens (tertiary/aromatic N) is 4. The Hall–Kier alpha value is -2.73. The van der Waals surface area contributed by atoms with Gasteiger partial charge in [-0.3, -0.25) is 4.79 Å². The number of aromatic nitrogens is 3. The predicted molar refractivity (Wildman–Crippen MR) is 109 cm³/mol. The van der Waals surface area contributed by atoms with E-state index in [1.807, 2.05) is 44.4 Å². The van der Waals surface area contributed by atoms with E-state index in [1.165, 1.54) is 4.68 Å². The molecule has 0 aliphatic heterocycles. The molecule has 0 N–H and O–H groups in total. The largest absolute Gasteiger partial charge is 0.350 e. The molecule has 2 aromatic heterocycles. The van der Waals surface area contributed by atoms with E-state index in [9.17, 15) is 4.79 Å². The monoisotopic (exact) mass is 408 g/mol. The number of benzene rings is 2. The molecule has 0 saturated carbocycles. The second kappa shape index (κ2) is 6.53. The summed E-state index contributed by atoms with van der Waals surface area (Å²) in [4.78, 5) is 17.5. The third-order valence-corrected chi connectivity index (χ3v) is 4.92. The zero-order valence-corrected chi connectivity index (χ0v) is 16.1. The molecular formula is C20H17BrN4O. The van der Waals surface area contributed by atoms with Crippen molar-refractivity contribution in [2.45, 2.75) is 13.3 Å². The van der Waals surface area contributed by atoms with E-state index >= 15 is 0 Å². The van der Waals surface area contributed by atoms with E-state index in [1.54, 1.807) is 12.3 Å². The molecule has 0 saturated heterocycles. The highest BCUT2D eigenvalue weighted by molar-refractivity contribution is 9.10. The molecule has 0 radical (unpaired) electrons.